The molecular weight excluding hydrogens is 386 g/mol. The van der Waals surface area contributed by atoms with E-state index in [2.05, 4.69) is 4.98 Å². The van der Waals surface area contributed by atoms with Crippen LogP contribution in [-0.2, 0) is 16.1 Å². The van der Waals surface area contributed by atoms with E-state index < -0.39 is 17.1 Å². The highest BCUT2D eigenvalue weighted by atomic mass is 16.5. The SMILES string of the molecule is CCOC(=O)CCn1c(=O)c(=O)[nH]c2ccc3ccc(-n4ccc(C=O)c4)cc3c21. The highest BCUT2D eigenvalue weighted by molar-refractivity contribution is 6.04. The summed E-state index contributed by atoms with van der Waals surface area (Å²) in [7, 11) is 0. The summed E-state index contributed by atoms with van der Waals surface area (Å²) < 4.78 is 8.07. The normalized spacial score (nSPS) is 11.1. The first kappa shape index (κ1) is 19.4. The lowest BCUT2D eigenvalue weighted by Gasteiger charge is -2.13. The second-order valence-electron chi connectivity index (χ2n) is 6.80. The van der Waals surface area contributed by atoms with Gasteiger partial charge in [-0.1, -0.05) is 12.1 Å². The van der Waals surface area contributed by atoms with Gasteiger partial charge in [0.15, 0.2) is 6.29 Å². The third kappa shape index (κ3) is 3.43. The quantitative estimate of drug-likeness (QED) is 0.230. The Kier molecular flexibility index (Phi) is 5.05. The summed E-state index contributed by atoms with van der Waals surface area (Å²) in [6, 6.07) is 11.0. The molecule has 0 aliphatic carbocycles. The number of nitrogens with zero attached hydrogens (tertiary/aromatic N) is 2. The number of benzene rings is 2. The monoisotopic (exact) mass is 405 g/mol. The number of hydrogen-bond donors (Lipinski definition) is 1. The van der Waals surface area contributed by atoms with Crippen LogP contribution in [0.5, 0.6) is 0 Å². The van der Waals surface area contributed by atoms with Crippen LogP contribution in [-0.4, -0.2) is 33.0 Å². The first-order chi connectivity index (χ1) is 14.5. The van der Waals surface area contributed by atoms with Crippen molar-refractivity contribution in [2.24, 2.45) is 0 Å². The van der Waals surface area contributed by atoms with Crippen molar-refractivity contribution in [3.8, 4) is 5.69 Å². The van der Waals surface area contributed by atoms with Gasteiger partial charge in [0.1, 0.15) is 0 Å². The molecule has 8 heteroatoms. The molecule has 2 aromatic heterocycles. The number of carbonyl (C=O) groups is 2. The van der Waals surface area contributed by atoms with Crippen LogP contribution in [0.4, 0.5) is 0 Å². The van der Waals surface area contributed by atoms with Gasteiger partial charge in [-0.3, -0.25) is 19.2 Å². The number of aromatic amines is 1. The average Bonchev–Trinajstić information content (AvgIpc) is 3.23. The van der Waals surface area contributed by atoms with Crippen LogP contribution >= 0.6 is 0 Å². The van der Waals surface area contributed by atoms with E-state index >= 15 is 0 Å². The number of carbonyl (C=O) groups excluding carboxylic acids is 2. The molecule has 0 spiro atoms. The van der Waals surface area contributed by atoms with Crippen LogP contribution in [0.2, 0.25) is 0 Å². The Labute approximate surface area is 170 Å². The molecule has 4 aromatic rings. The van der Waals surface area contributed by atoms with Crippen LogP contribution in [0.15, 0.2) is 58.4 Å². The van der Waals surface area contributed by atoms with Gasteiger partial charge in [-0.05, 0) is 36.6 Å². The summed E-state index contributed by atoms with van der Waals surface area (Å²) in [6.45, 7) is 1.98. The first-order valence-electron chi connectivity index (χ1n) is 9.50. The lowest BCUT2D eigenvalue weighted by atomic mass is 10.1. The Bertz CT molecular complexity index is 1390. The first-order valence-corrected chi connectivity index (χ1v) is 9.50. The molecule has 8 nitrogen and oxygen atoms in total. The van der Waals surface area contributed by atoms with E-state index in [1.165, 1.54) is 4.57 Å². The molecule has 30 heavy (non-hydrogen) atoms. The lowest BCUT2D eigenvalue weighted by Crippen LogP contribution is -2.37. The van der Waals surface area contributed by atoms with Gasteiger partial charge in [0, 0.05) is 35.6 Å². The minimum Gasteiger partial charge on any atom is -0.466 e. The number of aromatic nitrogens is 3. The highest BCUT2D eigenvalue weighted by Crippen LogP contribution is 2.26. The van der Waals surface area contributed by atoms with Crippen molar-refractivity contribution in [3.63, 3.8) is 0 Å². The molecule has 1 N–H and O–H groups in total. The van der Waals surface area contributed by atoms with E-state index in [0.717, 1.165) is 22.7 Å². The maximum absolute atomic E-state index is 12.6. The van der Waals surface area contributed by atoms with E-state index in [-0.39, 0.29) is 19.6 Å². The Morgan fingerprint density at radius 1 is 1.17 bits per heavy atom. The zero-order valence-electron chi connectivity index (χ0n) is 16.3. The van der Waals surface area contributed by atoms with Gasteiger partial charge in [0.2, 0.25) is 0 Å². The molecule has 0 unspecified atom stereocenters. The fourth-order valence-corrected chi connectivity index (χ4v) is 3.54. The fraction of sp³-hybridized carbons (Fsp3) is 0.182. The third-order valence-corrected chi connectivity index (χ3v) is 4.93. The number of hydrogen-bond acceptors (Lipinski definition) is 5. The van der Waals surface area contributed by atoms with Crippen molar-refractivity contribution < 1.29 is 14.3 Å². The lowest BCUT2D eigenvalue weighted by molar-refractivity contribution is -0.143. The van der Waals surface area contributed by atoms with E-state index in [1.807, 2.05) is 24.3 Å². The number of rotatable bonds is 6. The predicted octanol–water partition coefficient (Wildman–Crippen LogP) is 2.40. The van der Waals surface area contributed by atoms with Crippen LogP contribution < -0.4 is 11.1 Å². The topological polar surface area (TPSA) is 103 Å². The molecule has 152 valence electrons. The summed E-state index contributed by atoms with van der Waals surface area (Å²) in [5.41, 5.74) is 0.888. The van der Waals surface area contributed by atoms with Gasteiger partial charge in [0.25, 0.3) is 0 Å². The van der Waals surface area contributed by atoms with Crippen molar-refractivity contribution in [2.75, 3.05) is 6.61 Å². The largest absolute Gasteiger partial charge is 0.466 e. The minimum atomic E-state index is -0.747. The molecular formula is C22H19N3O5. The molecule has 0 saturated heterocycles. The third-order valence-electron chi connectivity index (χ3n) is 4.93. The predicted molar refractivity (Wildman–Crippen MR) is 112 cm³/mol. The van der Waals surface area contributed by atoms with E-state index in [9.17, 15) is 19.2 Å². The highest BCUT2D eigenvalue weighted by Gasteiger charge is 2.13. The number of ether oxygens (including phenoxy) is 1. The zero-order valence-corrected chi connectivity index (χ0v) is 16.3. The van der Waals surface area contributed by atoms with Gasteiger partial charge >= 0.3 is 17.1 Å². The number of fused-ring (bicyclic) bond motifs is 3. The molecule has 4 rings (SSSR count). The maximum Gasteiger partial charge on any atom is 0.316 e. The number of esters is 1. The van der Waals surface area contributed by atoms with E-state index in [0.29, 0.717) is 16.6 Å². The molecule has 0 atom stereocenters. The smallest absolute Gasteiger partial charge is 0.316 e. The Morgan fingerprint density at radius 3 is 2.70 bits per heavy atom. The van der Waals surface area contributed by atoms with E-state index in [1.54, 1.807) is 36.0 Å². The molecule has 0 aliphatic rings. The maximum atomic E-state index is 12.6. The molecule has 2 aromatic carbocycles. The molecule has 0 amide bonds. The summed E-state index contributed by atoms with van der Waals surface area (Å²) >= 11 is 0. The Balaban J connectivity index is 1.94. The minimum absolute atomic E-state index is 0.0251. The van der Waals surface area contributed by atoms with Gasteiger partial charge in [-0.15, -0.1) is 0 Å². The van der Waals surface area contributed by atoms with Crippen molar-refractivity contribution >= 4 is 34.1 Å². The van der Waals surface area contributed by atoms with Crippen LogP contribution in [0.3, 0.4) is 0 Å². The summed E-state index contributed by atoms with van der Waals surface area (Å²) in [5.74, 6) is -0.438. The van der Waals surface area contributed by atoms with Crippen molar-refractivity contribution in [2.45, 2.75) is 19.9 Å². The van der Waals surface area contributed by atoms with E-state index in [4.69, 9.17) is 4.74 Å². The molecule has 0 saturated carbocycles. The van der Waals surface area contributed by atoms with Crippen molar-refractivity contribution in [1.82, 2.24) is 14.1 Å². The molecule has 0 fully saturated rings. The summed E-state index contributed by atoms with van der Waals surface area (Å²) in [6.07, 6.45) is 4.22. The number of aryl methyl sites for hydroxylation is 1. The van der Waals surface area contributed by atoms with Gasteiger partial charge < -0.3 is 18.9 Å². The molecule has 0 radical (unpaired) electrons. The zero-order chi connectivity index (χ0) is 21.3. The number of nitrogens with one attached hydrogen (secondary N) is 1. The second-order valence-corrected chi connectivity index (χ2v) is 6.80. The van der Waals surface area contributed by atoms with Crippen molar-refractivity contribution in [1.29, 1.82) is 0 Å². The molecule has 0 aliphatic heterocycles. The van der Waals surface area contributed by atoms with Gasteiger partial charge in [-0.25, -0.2) is 0 Å². The standard InChI is InChI=1S/C22H19N3O5/c1-2-30-19(27)8-10-25-20-17-11-16(24-9-7-14(12-24)13-26)5-3-15(17)4-6-18(20)23-21(28)22(25)29/h3-7,9,11-13H,2,8,10H2,1H3,(H,23,28). The van der Waals surface area contributed by atoms with Crippen LogP contribution in [0, 0.1) is 0 Å². The second kappa shape index (κ2) is 7.82. The van der Waals surface area contributed by atoms with Crippen molar-refractivity contribution in [3.05, 3.63) is 75.1 Å². The molecule has 0 bridgehead atoms. The number of H-pyrrole nitrogens is 1. The summed E-state index contributed by atoms with van der Waals surface area (Å²) in [5, 5.41) is 1.61. The average molecular weight is 405 g/mol. The molecule has 2 heterocycles. The Morgan fingerprint density at radius 2 is 1.97 bits per heavy atom. The summed E-state index contributed by atoms with van der Waals surface area (Å²) in [4.78, 5) is 50.2. The Hall–Kier alpha value is -3.94. The van der Waals surface area contributed by atoms with Gasteiger partial charge in [0.05, 0.1) is 24.1 Å². The van der Waals surface area contributed by atoms with Crippen LogP contribution in [0.1, 0.15) is 23.7 Å². The van der Waals surface area contributed by atoms with Gasteiger partial charge in [-0.2, -0.15) is 0 Å². The number of aldehydes is 1. The fourth-order valence-electron chi connectivity index (χ4n) is 3.54. The van der Waals surface area contributed by atoms with Crippen LogP contribution in [0.25, 0.3) is 27.5 Å².